The Balaban J connectivity index is 2.74. The van der Waals surface area contributed by atoms with Crippen molar-refractivity contribution in [3.63, 3.8) is 0 Å². The van der Waals surface area contributed by atoms with E-state index in [0.717, 1.165) is 5.52 Å². The molecular formula is C16H17ClFNO2. The third kappa shape index (κ3) is 3.10. The number of carboxylic acid groups (broad SMARTS) is 1. The lowest BCUT2D eigenvalue weighted by molar-refractivity contribution is -0.132. The van der Waals surface area contributed by atoms with E-state index in [-0.39, 0.29) is 11.4 Å². The van der Waals surface area contributed by atoms with Crippen molar-refractivity contribution in [2.45, 2.75) is 27.3 Å². The lowest BCUT2D eigenvalue weighted by Gasteiger charge is -2.09. The van der Waals surface area contributed by atoms with Crippen LogP contribution in [-0.4, -0.2) is 15.6 Å². The minimum absolute atomic E-state index is 0.157. The third-order valence-corrected chi connectivity index (χ3v) is 3.65. The fourth-order valence-electron chi connectivity index (χ4n) is 2.28. The van der Waals surface area contributed by atoms with Crippen molar-refractivity contribution < 1.29 is 14.3 Å². The Hall–Kier alpha value is -1.81. The highest BCUT2D eigenvalue weighted by atomic mass is 35.5. The minimum Gasteiger partial charge on any atom is -0.478 e. The van der Waals surface area contributed by atoms with Gasteiger partial charge in [0, 0.05) is 28.6 Å². The zero-order valence-electron chi connectivity index (χ0n) is 12.2. The Bertz CT molecular complexity index is 731. The van der Waals surface area contributed by atoms with E-state index in [9.17, 15) is 9.18 Å². The molecule has 0 aliphatic carbocycles. The number of carbonyl (C=O) groups is 1. The summed E-state index contributed by atoms with van der Waals surface area (Å²) < 4.78 is 15.4. The topological polar surface area (TPSA) is 42.2 Å². The number of aliphatic carboxylic acids is 1. The Morgan fingerprint density at radius 1 is 1.48 bits per heavy atom. The summed E-state index contributed by atoms with van der Waals surface area (Å²) in [5.41, 5.74) is 1.51. The van der Waals surface area contributed by atoms with Crippen molar-refractivity contribution >= 4 is 34.5 Å². The molecule has 0 saturated carbocycles. The quantitative estimate of drug-likeness (QED) is 0.840. The summed E-state index contributed by atoms with van der Waals surface area (Å²) >= 11 is 6.40. The largest absolute Gasteiger partial charge is 0.478 e. The van der Waals surface area contributed by atoms with Crippen LogP contribution < -0.4 is 0 Å². The number of fused-ring (bicyclic) bond motifs is 1. The summed E-state index contributed by atoms with van der Waals surface area (Å²) in [6.45, 7) is 6.29. The zero-order valence-corrected chi connectivity index (χ0v) is 12.9. The number of halogens is 2. The second kappa shape index (κ2) is 5.90. The summed E-state index contributed by atoms with van der Waals surface area (Å²) in [5.74, 6) is -1.03. The highest BCUT2D eigenvalue weighted by molar-refractivity contribution is 6.33. The molecule has 1 aromatic heterocycles. The van der Waals surface area contributed by atoms with Crippen molar-refractivity contribution in [3.8, 4) is 0 Å². The lowest BCUT2D eigenvalue weighted by atomic mass is 10.1. The molecule has 112 valence electrons. The van der Waals surface area contributed by atoms with Crippen LogP contribution in [0.15, 0.2) is 23.8 Å². The van der Waals surface area contributed by atoms with Gasteiger partial charge in [0.2, 0.25) is 0 Å². The minimum atomic E-state index is -1.02. The van der Waals surface area contributed by atoms with Gasteiger partial charge in [-0.15, -0.1) is 0 Å². The van der Waals surface area contributed by atoms with E-state index in [1.54, 1.807) is 6.07 Å². The molecular weight excluding hydrogens is 293 g/mol. The van der Waals surface area contributed by atoms with Gasteiger partial charge in [-0.05, 0) is 37.1 Å². The standard InChI is InChI=1S/C16H17ClFNO2/c1-9(2)8-19-14-5-4-11(18)7-12(14)13(15(19)17)6-10(3)16(20)21/h4-7,9H,8H2,1-3H3,(H,20,21)/b10-6+. The van der Waals surface area contributed by atoms with Crippen LogP contribution in [-0.2, 0) is 11.3 Å². The number of hydrogen-bond donors (Lipinski definition) is 1. The van der Waals surface area contributed by atoms with Gasteiger partial charge in [-0.2, -0.15) is 0 Å². The van der Waals surface area contributed by atoms with Crippen LogP contribution in [0.4, 0.5) is 4.39 Å². The van der Waals surface area contributed by atoms with Crippen molar-refractivity contribution in [2.75, 3.05) is 0 Å². The monoisotopic (exact) mass is 309 g/mol. The van der Waals surface area contributed by atoms with Crippen LogP contribution in [0.25, 0.3) is 17.0 Å². The lowest BCUT2D eigenvalue weighted by Crippen LogP contribution is -2.04. The SMILES string of the molecule is C/C(=C\c1c(Cl)n(CC(C)C)c2ccc(F)cc12)C(=O)O. The molecule has 3 nitrogen and oxygen atoms in total. The van der Waals surface area contributed by atoms with Gasteiger partial charge >= 0.3 is 5.97 Å². The fraction of sp³-hybridized carbons (Fsp3) is 0.312. The molecule has 0 bridgehead atoms. The van der Waals surface area contributed by atoms with Gasteiger partial charge in [-0.1, -0.05) is 25.4 Å². The predicted octanol–water partition coefficient (Wildman–Crippen LogP) is 4.58. The zero-order chi connectivity index (χ0) is 15.7. The van der Waals surface area contributed by atoms with Crippen molar-refractivity contribution in [2.24, 2.45) is 5.92 Å². The molecule has 5 heteroatoms. The Morgan fingerprint density at radius 3 is 2.71 bits per heavy atom. The first kappa shape index (κ1) is 15.6. The molecule has 1 aromatic carbocycles. The smallest absolute Gasteiger partial charge is 0.331 e. The number of nitrogens with zero attached hydrogens (tertiary/aromatic N) is 1. The first-order valence-electron chi connectivity index (χ1n) is 6.70. The van der Waals surface area contributed by atoms with Crippen molar-refractivity contribution in [1.29, 1.82) is 0 Å². The number of rotatable bonds is 4. The Labute approximate surface area is 127 Å². The molecule has 0 spiro atoms. The number of hydrogen-bond acceptors (Lipinski definition) is 1. The molecule has 0 fully saturated rings. The van der Waals surface area contributed by atoms with E-state index in [1.807, 2.05) is 4.57 Å². The first-order valence-corrected chi connectivity index (χ1v) is 7.08. The molecule has 0 atom stereocenters. The Morgan fingerprint density at radius 2 is 2.14 bits per heavy atom. The third-order valence-electron chi connectivity index (χ3n) is 3.24. The summed E-state index contributed by atoms with van der Waals surface area (Å²) in [4.78, 5) is 11.0. The maximum absolute atomic E-state index is 13.5. The van der Waals surface area contributed by atoms with Crippen LogP contribution in [0.1, 0.15) is 26.3 Å². The summed E-state index contributed by atoms with van der Waals surface area (Å²) in [5, 5.41) is 10.1. The van der Waals surface area contributed by atoms with E-state index in [0.29, 0.717) is 28.6 Å². The van der Waals surface area contributed by atoms with Crippen molar-refractivity contribution in [3.05, 3.63) is 40.3 Å². The van der Waals surface area contributed by atoms with Gasteiger partial charge in [0.25, 0.3) is 0 Å². The predicted molar refractivity (Wildman–Crippen MR) is 83.0 cm³/mol. The molecule has 0 aliphatic rings. The highest BCUT2D eigenvalue weighted by Gasteiger charge is 2.16. The van der Waals surface area contributed by atoms with Gasteiger partial charge < -0.3 is 9.67 Å². The normalized spacial score (nSPS) is 12.4. The summed E-state index contributed by atoms with van der Waals surface area (Å²) in [7, 11) is 0. The molecule has 2 aromatic rings. The van der Waals surface area contributed by atoms with Crippen molar-refractivity contribution in [1.82, 2.24) is 4.57 Å². The van der Waals surface area contributed by atoms with Gasteiger partial charge in [-0.3, -0.25) is 0 Å². The second-order valence-electron chi connectivity index (χ2n) is 5.50. The van der Waals surface area contributed by atoms with Crippen LogP contribution >= 0.6 is 11.6 Å². The first-order chi connectivity index (χ1) is 9.81. The highest BCUT2D eigenvalue weighted by Crippen LogP contribution is 2.33. The van der Waals surface area contributed by atoms with Crippen LogP contribution in [0.3, 0.4) is 0 Å². The van der Waals surface area contributed by atoms with E-state index in [4.69, 9.17) is 16.7 Å². The van der Waals surface area contributed by atoms with Crippen LogP contribution in [0, 0.1) is 11.7 Å². The molecule has 1 heterocycles. The molecule has 0 unspecified atom stereocenters. The maximum Gasteiger partial charge on any atom is 0.331 e. The molecule has 2 rings (SSSR count). The van der Waals surface area contributed by atoms with E-state index >= 15 is 0 Å². The maximum atomic E-state index is 13.5. The molecule has 1 N–H and O–H groups in total. The molecule has 0 radical (unpaired) electrons. The number of benzene rings is 1. The second-order valence-corrected chi connectivity index (χ2v) is 5.86. The van der Waals surface area contributed by atoms with Crippen LogP contribution in [0.5, 0.6) is 0 Å². The average molecular weight is 310 g/mol. The Kier molecular flexibility index (Phi) is 4.37. The van der Waals surface area contributed by atoms with E-state index in [2.05, 4.69) is 13.8 Å². The van der Waals surface area contributed by atoms with Gasteiger partial charge in [0.15, 0.2) is 0 Å². The molecule has 21 heavy (non-hydrogen) atoms. The molecule has 0 aliphatic heterocycles. The fourth-order valence-corrected chi connectivity index (χ4v) is 2.60. The molecule has 0 saturated heterocycles. The number of carboxylic acids is 1. The number of aromatic nitrogens is 1. The van der Waals surface area contributed by atoms with E-state index < -0.39 is 5.97 Å². The summed E-state index contributed by atoms with van der Waals surface area (Å²) in [6, 6.07) is 4.44. The van der Waals surface area contributed by atoms with Gasteiger partial charge in [0.05, 0.1) is 0 Å². The summed E-state index contributed by atoms with van der Waals surface area (Å²) in [6.07, 6.45) is 1.49. The average Bonchev–Trinajstić information content (AvgIpc) is 2.63. The van der Waals surface area contributed by atoms with Crippen LogP contribution in [0.2, 0.25) is 5.15 Å². The van der Waals surface area contributed by atoms with E-state index in [1.165, 1.54) is 25.1 Å². The van der Waals surface area contributed by atoms with Gasteiger partial charge in [-0.25, -0.2) is 9.18 Å². The molecule has 0 amide bonds. The van der Waals surface area contributed by atoms with Gasteiger partial charge in [0.1, 0.15) is 11.0 Å².